The molecule has 2 aliphatic heterocycles. The van der Waals surface area contributed by atoms with Crippen molar-refractivity contribution in [2.75, 3.05) is 32.6 Å². The lowest BCUT2D eigenvalue weighted by Gasteiger charge is -2.33. The minimum atomic E-state index is -0.964. The van der Waals surface area contributed by atoms with Crippen LogP contribution in [0.4, 0.5) is 10.5 Å². The number of amides is 4. The number of esters is 1. The van der Waals surface area contributed by atoms with Crippen LogP contribution < -0.4 is 15.4 Å². The minimum absolute atomic E-state index is 0.279. The van der Waals surface area contributed by atoms with Crippen LogP contribution in [0.2, 0.25) is 0 Å². The van der Waals surface area contributed by atoms with E-state index in [1.54, 1.807) is 54.2 Å². The zero-order chi connectivity index (χ0) is 25.8. The number of carbonyl (C=O) groups excluding carboxylic acids is 4. The van der Waals surface area contributed by atoms with Gasteiger partial charge in [0.1, 0.15) is 23.5 Å². The number of hydrogen-bond donors (Lipinski definition) is 2. The van der Waals surface area contributed by atoms with E-state index in [9.17, 15) is 19.2 Å². The van der Waals surface area contributed by atoms with E-state index in [2.05, 4.69) is 10.6 Å². The van der Waals surface area contributed by atoms with Gasteiger partial charge < -0.3 is 34.5 Å². The molecule has 0 radical (unpaired) electrons. The van der Waals surface area contributed by atoms with E-state index in [1.807, 2.05) is 0 Å². The van der Waals surface area contributed by atoms with E-state index in [-0.39, 0.29) is 18.4 Å². The van der Waals surface area contributed by atoms with Crippen molar-refractivity contribution in [3.63, 3.8) is 0 Å². The third kappa shape index (κ3) is 5.00. The highest BCUT2D eigenvalue weighted by Crippen LogP contribution is 2.27. The fourth-order valence-electron chi connectivity index (χ4n) is 4.93. The predicted molar refractivity (Wildman–Crippen MR) is 131 cm³/mol. The molecule has 11 heteroatoms. The first kappa shape index (κ1) is 25.1. The minimum Gasteiger partial charge on any atom is -0.497 e. The Bertz CT molecular complexity index is 1150. The number of urea groups is 1. The van der Waals surface area contributed by atoms with Gasteiger partial charge in [0.2, 0.25) is 5.91 Å². The molecule has 4 amide bonds. The molecule has 2 fully saturated rings. The molecule has 3 atom stereocenters. The zero-order valence-electron chi connectivity index (χ0n) is 20.6. The lowest BCUT2D eigenvalue weighted by atomic mass is 10.1. The number of likely N-dealkylation sites (tertiary alicyclic amines) is 2. The van der Waals surface area contributed by atoms with E-state index in [1.165, 1.54) is 24.0 Å². The first-order valence-corrected chi connectivity index (χ1v) is 11.9. The average molecular weight is 498 g/mol. The Labute approximate surface area is 209 Å². The zero-order valence-corrected chi connectivity index (χ0v) is 20.6. The maximum absolute atomic E-state index is 13.8. The maximum Gasteiger partial charge on any atom is 0.328 e. The summed E-state index contributed by atoms with van der Waals surface area (Å²) in [7, 11) is 4.58. The molecule has 2 N–H and O–H groups in total. The number of hydrogen-bond acceptors (Lipinski definition) is 6. The summed E-state index contributed by atoms with van der Waals surface area (Å²) in [6.07, 6.45) is 3.28. The quantitative estimate of drug-likeness (QED) is 0.585. The van der Waals surface area contributed by atoms with Crippen molar-refractivity contribution in [3.8, 4) is 5.75 Å². The fraction of sp³-hybridized carbons (Fsp3) is 0.440. The van der Waals surface area contributed by atoms with Crippen molar-refractivity contribution in [3.05, 3.63) is 48.3 Å². The average Bonchev–Trinajstić information content (AvgIpc) is 3.62. The van der Waals surface area contributed by atoms with Gasteiger partial charge >= 0.3 is 12.0 Å². The number of methoxy groups -OCH3 is 2. The summed E-state index contributed by atoms with van der Waals surface area (Å²) in [6, 6.07) is 7.51. The number of benzene rings is 1. The van der Waals surface area contributed by atoms with E-state index in [0.29, 0.717) is 42.9 Å². The molecule has 1 aromatic carbocycles. The van der Waals surface area contributed by atoms with Crippen LogP contribution in [0, 0.1) is 0 Å². The molecule has 36 heavy (non-hydrogen) atoms. The molecular weight excluding hydrogens is 466 g/mol. The molecule has 0 bridgehead atoms. The standard InChI is InChI=1S/C25H31N5O6/c1-28-12-5-9-19(28)22(31)30-14-11-18(27-25(34)26-16-7-4-8-17(15-16)35-2)21(30)23(32)29-13-6-10-20(29)24(33)36-3/h4-5,7-9,12,15,18,20-21H,6,10-11,13-14H2,1-3H3,(H2,26,27,34). The van der Waals surface area contributed by atoms with Crippen LogP contribution >= 0.6 is 0 Å². The van der Waals surface area contributed by atoms with Crippen LogP contribution in [0.15, 0.2) is 42.6 Å². The number of nitrogens with one attached hydrogen (secondary N) is 2. The Hall–Kier alpha value is -4.02. The summed E-state index contributed by atoms with van der Waals surface area (Å²) in [6.45, 7) is 0.658. The molecule has 2 aliphatic rings. The number of aromatic nitrogens is 1. The van der Waals surface area contributed by atoms with Crippen molar-refractivity contribution in [1.29, 1.82) is 0 Å². The third-order valence-corrected chi connectivity index (χ3v) is 6.73. The number of ether oxygens (including phenoxy) is 2. The van der Waals surface area contributed by atoms with Crippen LogP contribution in [0.5, 0.6) is 5.75 Å². The van der Waals surface area contributed by atoms with E-state index in [4.69, 9.17) is 9.47 Å². The van der Waals surface area contributed by atoms with Crippen molar-refractivity contribution >= 4 is 29.5 Å². The number of anilines is 1. The monoisotopic (exact) mass is 497 g/mol. The normalized spacial score (nSPS) is 21.2. The Morgan fingerprint density at radius 2 is 1.81 bits per heavy atom. The summed E-state index contributed by atoms with van der Waals surface area (Å²) < 4.78 is 11.8. The third-order valence-electron chi connectivity index (χ3n) is 6.73. The van der Waals surface area contributed by atoms with Crippen molar-refractivity contribution in [2.45, 2.75) is 37.4 Å². The van der Waals surface area contributed by atoms with E-state index < -0.39 is 30.1 Å². The number of rotatable bonds is 6. The summed E-state index contributed by atoms with van der Waals surface area (Å²) in [5.74, 6) is -0.592. The van der Waals surface area contributed by atoms with Crippen LogP contribution in [-0.4, -0.2) is 83.6 Å². The van der Waals surface area contributed by atoms with Gasteiger partial charge in [-0.05, 0) is 43.5 Å². The molecular formula is C25H31N5O6. The molecule has 0 saturated carbocycles. The Morgan fingerprint density at radius 1 is 1.00 bits per heavy atom. The molecule has 11 nitrogen and oxygen atoms in total. The SMILES string of the molecule is COC(=O)C1CCCN1C(=O)C1C(NC(=O)Nc2cccc(OC)c2)CCN1C(=O)c1cccn1C. The molecule has 2 aromatic rings. The Balaban J connectivity index is 1.57. The molecule has 2 saturated heterocycles. The van der Waals surface area contributed by atoms with Crippen LogP contribution in [-0.2, 0) is 21.4 Å². The van der Waals surface area contributed by atoms with Gasteiger partial charge in [-0.2, -0.15) is 0 Å². The largest absolute Gasteiger partial charge is 0.497 e. The summed E-state index contributed by atoms with van der Waals surface area (Å²) >= 11 is 0. The number of aryl methyl sites for hydroxylation is 1. The molecule has 4 rings (SSSR count). The van der Waals surface area contributed by atoms with Crippen molar-refractivity contribution < 1.29 is 28.7 Å². The lowest BCUT2D eigenvalue weighted by Crippen LogP contribution is -2.58. The Morgan fingerprint density at radius 3 is 2.50 bits per heavy atom. The van der Waals surface area contributed by atoms with Gasteiger partial charge in [-0.25, -0.2) is 9.59 Å². The van der Waals surface area contributed by atoms with Crippen molar-refractivity contribution in [1.82, 2.24) is 19.7 Å². The topological polar surface area (TPSA) is 122 Å². The second-order valence-corrected chi connectivity index (χ2v) is 8.89. The van der Waals surface area contributed by atoms with E-state index in [0.717, 1.165) is 0 Å². The molecule has 192 valence electrons. The maximum atomic E-state index is 13.8. The predicted octanol–water partition coefficient (Wildman–Crippen LogP) is 1.60. The van der Waals surface area contributed by atoms with E-state index >= 15 is 0 Å². The van der Waals surface area contributed by atoms with Crippen molar-refractivity contribution in [2.24, 2.45) is 7.05 Å². The first-order valence-electron chi connectivity index (χ1n) is 11.9. The molecule has 1 aromatic heterocycles. The van der Waals surface area contributed by atoms with Gasteiger partial charge in [0.25, 0.3) is 5.91 Å². The summed E-state index contributed by atoms with van der Waals surface area (Å²) in [4.78, 5) is 55.4. The molecule has 0 aliphatic carbocycles. The molecule has 0 spiro atoms. The second kappa shape index (κ2) is 10.7. The number of nitrogens with zero attached hydrogens (tertiary/aromatic N) is 3. The van der Waals surface area contributed by atoms with Gasteiger partial charge in [0, 0.05) is 38.1 Å². The molecule has 3 heterocycles. The van der Waals surface area contributed by atoms with Gasteiger partial charge in [0.15, 0.2) is 0 Å². The van der Waals surface area contributed by atoms with Crippen LogP contribution in [0.3, 0.4) is 0 Å². The highest BCUT2D eigenvalue weighted by molar-refractivity contribution is 5.99. The van der Waals surface area contributed by atoms with Crippen LogP contribution in [0.25, 0.3) is 0 Å². The van der Waals surface area contributed by atoms with Gasteiger partial charge in [-0.3, -0.25) is 9.59 Å². The highest BCUT2D eigenvalue weighted by Gasteiger charge is 2.48. The first-order chi connectivity index (χ1) is 17.3. The van der Waals surface area contributed by atoms with Gasteiger partial charge in [0.05, 0.1) is 20.3 Å². The summed E-state index contributed by atoms with van der Waals surface area (Å²) in [5.41, 5.74) is 0.954. The number of carbonyl (C=O) groups is 4. The summed E-state index contributed by atoms with van der Waals surface area (Å²) in [5, 5.41) is 5.62. The van der Waals surface area contributed by atoms with Crippen LogP contribution in [0.1, 0.15) is 29.8 Å². The lowest BCUT2D eigenvalue weighted by molar-refractivity contribution is -0.152. The second-order valence-electron chi connectivity index (χ2n) is 8.89. The fourth-order valence-corrected chi connectivity index (χ4v) is 4.93. The Kier molecular flexibility index (Phi) is 7.47. The van der Waals surface area contributed by atoms with Gasteiger partial charge in [-0.15, -0.1) is 0 Å². The van der Waals surface area contributed by atoms with Gasteiger partial charge in [-0.1, -0.05) is 6.07 Å². The molecule has 3 unspecified atom stereocenters. The highest BCUT2D eigenvalue weighted by atomic mass is 16.5. The smallest absolute Gasteiger partial charge is 0.328 e.